The average molecular weight is 360 g/mol. The smallest absolute Gasteiger partial charge is 0.322 e. The van der Waals surface area contributed by atoms with E-state index in [2.05, 4.69) is 10.4 Å². The number of nitrogens with zero attached hydrogens (tertiary/aromatic N) is 3. The molecule has 0 bridgehead atoms. The molecule has 1 aliphatic heterocycles. The number of ether oxygens (including phenoxy) is 1. The highest BCUT2D eigenvalue weighted by atomic mass is 16.5. The van der Waals surface area contributed by atoms with Crippen LogP contribution in [0.1, 0.15) is 51.0 Å². The summed E-state index contributed by atoms with van der Waals surface area (Å²) in [6.45, 7) is 1.50. The maximum atomic E-state index is 12.6. The normalized spacial score (nSPS) is 26.7. The lowest BCUT2D eigenvalue weighted by Crippen LogP contribution is -2.43. The molecule has 2 saturated carbocycles. The summed E-state index contributed by atoms with van der Waals surface area (Å²) in [4.78, 5) is 26.5. The fourth-order valence-electron chi connectivity index (χ4n) is 4.74. The fraction of sp³-hybridized carbons (Fsp3) is 0.737. The van der Waals surface area contributed by atoms with E-state index in [1.165, 1.54) is 7.11 Å². The molecule has 26 heavy (non-hydrogen) atoms. The van der Waals surface area contributed by atoms with Crippen LogP contribution in [0.2, 0.25) is 0 Å². The second-order valence-corrected chi connectivity index (χ2v) is 7.87. The van der Waals surface area contributed by atoms with Gasteiger partial charge >= 0.3 is 12.0 Å². The van der Waals surface area contributed by atoms with Crippen LogP contribution >= 0.6 is 0 Å². The number of rotatable bonds is 4. The zero-order valence-electron chi connectivity index (χ0n) is 15.4. The molecule has 3 aliphatic rings. The van der Waals surface area contributed by atoms with E-state index in [0.717, 1.165) is 63.9 Å². The van der Waals surface area contributed by atoms with Gasteiger partial charge in [0.1, 0.15) is 5.82 Å². The molecule has 3 fully saturated rings. The Morgan fingerprint density at radius 3 is 2.62 bits per heavy atom. The van der Waals surface area contributed by atoms with Gasteiger partial charge in [0.15, 0.2) is 0 Å². The van der Waals surface area contributed by atoms with Gasteiger partial charge < -0.3 is 9.64 Å². The summed E-state index contributed by atoms with van der Waals surface area (Å²) in [7, 11) is 1.48. The van der Waals surface area contributed by atoms with Crippen molar-refractivity contribution in [3.05, 3.63) is 12.3 Å². The molecule has 7 heteroatoms. The minimum atomic E-state index is -0.0546. The monoisotopic (exact) mass is 360 g/mol. The van der Waals surface area contributed by atoms with Crippen LogP contribution in [0.3, 0.4) is 0 Å². The molecule has 1 saturated heterocycles. The summed E-state index contributed by atoms with van der Waals surface area (Å²) >= 11 is 0. The van der Waals surface area contributed by atoms with Crippen molar-refractivity contribution in [2.75, 3.05) is 25.5 Å². The van der Waals surface area contributed by atoms with E-state index in [1.54, 1.807) is 6.20 Å². The van der Waals surface area contributed by atoms with E-state index in [0.29, 0.717) is 17.9 Å². The first-order valence-electron chi connectivity index (χ1n) is 9.84. The molecule has 7 nitrogen and oxygen atoms in total. The number of hydrogen-bond acceptors (Lipinski definition) is 4. The second-order valence-electron chi connectivity index (χ2n) is 7.87. The summed E-state index contributed by atoms with van der Waals surface area (Å²) in [5.41, 5.74) is 0. The lowest BCUT2D eigenvalue weighted by molar-refractivity contribution is -0.147. The van der Waals surface area contributed by atoms with E-state index < -0.39 is 0 Å². The van der Waals surface area contributed by atoms with Crippen molar-refractivity contribution in [2.24, 2.45) is 17.8 Å². The summed E-state index contributed by atoms with van der Waals surface area (Å²) in [6.07, 6.45) is 9.11. The zero-order valence-corrected chi connectivity index (χ0v) is 15.4. The van der Waals surface area contributed by atoms with E-state index in [4.69, 9.17) is 4.74 Å². The van der Waals surface area contributed by atoms with E-state index >= 15 is 0 Å². The van der Waals surface area contributed by atoms with Crippen molar-refractivity contribution >= 4 is 17.8 Å². The number of carbonyl (C=O) groups excluding carboxylic acids is 2. The van der Waals surface area contributed by atoms with Gasteiger partial charge in [0.05, 0.1) is 25.3 Å². The Kier molecular flexibility index (Phi) is 4.87. The number of likely N-dealkylation sites (tertiary alicyclic amines) is 1. The lowest BCUT2D eigenvalue weighted by Gasteiger charge is -2.36. The summed E-state index contributed by atoms with van der Waals surface area (Å²) < 4.78 is 6.91. The molecule has 2 heterocycles. The minimum Gasteiger partial charge on any atom is -0.469 e. The SMILES string of the molecule is COC(=O)C1CCCC1C1CCN(C(=O)Nc2ccnn2C2CC2)CC1. The van der Waals surface area contributed by atoms with Crippen LogP contribution in [0.25, 0.3) is 0 Å². The molecule has 2 unspecified atom stereocenters. The molecule has 1 aromatic heterocycles. The highest BCUT2D eigenvalue weighted by Crippen LogP contribution is 2.42. The number of amides is 2. The van der Waals surface area contributed by atoms with Gasteiger partial charge in [-0.05, 0) is 50.4 Å². The number of methoxy groups -OCH3 is 1. The van der Waals surface area contributed by atoms with Crippen LogP contribution in [0.15, 0.2) is 12.3 Å². The molecule has 2 aliphatic carbocycles. The molecule has 0 aromatic carbocycles. The number of nitrogens with one attached hydrogen (secondary N) is 1. The summed E-state index contributed by atoms with van der Waals surface area (Å²) in [6, 6.07) is 2.27. The van der Waals surface area contributed by atoms with Gasteiger partial charge in [-0.3, -0.25) is 10.1 Å². The molecule has 0 spiro atoms. The van der Waals surface area contributed by atoms with Gasteiger partial charge in [0.2, 0.25) is 0 Å². The van der Waals surface area contributed by atoms with Gasteiger partial charge in [0, 0.05) is 19.2 Å². The average Bonchev–Trinajstić information content (AvgIpc) is 3.20. The predicted molar refractivity (Wildman–Crippen MR) is 96.7 cm³/mol. The van der Waals surface area contributed by atoms with Crippen molar-refractivity contribution in [3.63, 3.8) is 0 Å². The molecule has 142 valence electrons. The zero-order chi connectivity index (χ0) is 18.1. The molecule has 4 rings (SSSR count). The van der Waals surface area contributed by atoms with Crippen LogP contribution in [0, 0.1) is 17.8 Å². The Hall–Kier alpha value is -2.05. The van der Waals surface area contributed by atoms with Gasteiger partial charge in [-0.1, -0.05) is 6.42 Å². The quantitative estimate of drug-likeness (QED) is 0.837. The number of esters is 1. The van der Waals surface area contributed by atoms with E-state index in [1.807, 2.05) is 15.6 Å². The van der Waals surface area contributed by atoms with Crippen molar-refractivity contribution in [2.45, 2.75) is 51.0 Å². The standard InChI is InChI=1S/C19H28N4O3/c1-26-18(24)16-4-2-3-15(16)13-8-11-22(12-9-13)19(25)21-17-7-10-20-23(17)14-5-6-14/h7,10,13-16H,2-6,8-9,11-12H2,1H3,(H,21,25). The Bertz CT molecular complexity index is 661. The molecule has 1 aromatic rings. The van der Waals surface area contributed by atoms with Crippen LogP contribution < -0.4 is 5.32 Å². The molecule has 1 N–H and O–H groups in total. The van der Waals surface area contributed by atoms with Crippen molar-refractivity contribution in [1.29, 1.82) is 0 Å². The first kappa shape index (κ1) is 17.4. The third-order valence-electron chi connectivity index (χ3n) is 6.30. The highest BCUT2D eigenvalue weighted by molar-refractivity contribution is 5.88. The number of aromatic nitrogens is 2. The molecular weight excluding hydrogens is 332 g/mol. The third-order valence-corrected chi connectivity index (χ3v) is 6.30. The Balaban J connectivity index is 1.31. The van der Waals surface area contributed by atoms with Crippen LogP contribution in [-0.2, 0) is 9.53 Å². The largest absolute Gasteiger partial charge is 0.469 e. The molecular formula is C19H28N4O3. The Morgan fingerprint density at radius 1 is 1.15 bits per heavy atom. The van der Waals surface area contributed by atoms with Gasteiger partial charge in [-0.25, -0.2) is 9.48 Å². The Labute approximate surface area is 154 Å². The number of carbonyl (C=O) groups is 2. The second kappa shape index (κ2) is 7.29. The highest BCUT2D eigenvalue weighted by Gasteiger charge is 2.40. The van der Waals surface area contributed by atoms with Crippen molar-refractivity contribution in [1.82, 2.24) is 14.7 Å². The topological polar surface area (TPSA) is 76.5 Å². The van der Waals surface area contributed by atoms with E-state index in [9.17, 15) is 9.59 Å². The number of hydrogen-bond donors (Lipinski definition) is 1. The fourth-order valence-corrected chi connectivity index (χ4v) is 4.74. The molecule has 2 amide bonds. The molecule has 0 radical (unpaired) electrons. The summed E-state index contributed by atoms with van der Waals surface area (Å²) in [5, 5.41) is 7.33. The first-order valence-corrected chi connectivity index (χ1v) is 9.84. The maximum Gasteiger partial charge on any atom is 0.322 e. The van der Waals surface area contributed by atoms with E-state index in [-0.39, 0.29) is 17.9 Å². The van der Waals surface area contributed by atoms with Crippen LogP contribution in [0.5, 0.6) is 0 Å². The van der Waals surface area contributed by atoms with Crippen LogP contribution in [-0.4, -0.2) is 46.9 Å². The predicted octanol–water partition coefficient (Wildman–Crippen LogP) is 3.05. The summed E-state index contributed by atoms with van der Waals surface area (Å²) in [5.74, 6) is 1.73. The maximum absolute atomic E-state index is 12.6. The van der Waals surface area contributed by atoms with Crippen LogP contribution in [0.4, 0.5) is 10.6 Å². The number of piperidine rings is 1. The first-order chi connectivity index (χ1) is 12.7. The van der Waals surface area contributed by atoms with Gasteiger partial charge in [-0.15, -0.1) is 0 Å². The number of anilines is 1. The third kappa shape index (κ3) is 3.44. The van der Waals surface area contributed by atoms with Crippen molar-refractivity contribution in [3.8, 4) is 0 Å². The minimum absolute atomic E-state index is 0.0400. The van der Waals surface area contributed by atoms with Crippen molar-refractivity contribution < 1.29 is 14.3 Å². The number of urea groups is 1. The lowest BCUT2D eigenvalue weighted by atomic mass is 9.78. The molecule has 2 atom stereocenters. The van der Waals surface area contributed by atoms with Gasteiger partial charge in [-0.2, -0.15) is 5.10 Å². The Morgan fingerprint density at radius 2 is 1.92 bits per heavy atom. The van der Waals surface area contributed by atoms with Gasteiger partial charge in [0.25, 0.3) is 0 Å².